The molecule has 1 heterocycles. The van der Waals surface area contributed by atoms with Gasteiger partial charge >= 0.3 is 11.8 Å². The van der Waals surface area contributed by atoms with Gasteiger partial charge in [0.15, 0.2) is 0 Å². The minimum Gasteiger partial charge on any atom is -0.383 e. The number of hydrogen-bond acceptors (Lipinski definition) is 3. The van der Waals surface area contributed by atoms with Crippen LogP contribution in [-0.2, 0) is 14.3 Å². The molecule has 0 aromatic carbocycles. The topological polar surface area (TPSA) is 58.6 Å². The highest BCUT2D eigenvalue weighted by molar-refractivity contribution is 6.35. The molecule has 0 aliphatic carbocycles. The van der Waals surface area contributed by atoms with Crippen LogP contribution in [0.5, 0.6) is 0 Å². The highest BCUT2D eigenvalue weighted by atomic mass is 16.5. The van der Waals surface area contributed by atoms with Crippen molar-refractivity contribution in [2.24, 2.45) is 0 Å². The van der Waals surface area contributed by atoms with Crippen molar-refractivity contribution in [1.29, 1.82) is 0 Å². The van der Waals surface area contributed by atoms with Gasteiger partial charge in [0.1, 0.15) is 0 Å². The van der Waals surface area contributed by atoms with Crippen molar-refractivity contribution in [3.8, 4) is 0 Å². The van der Waals surface area contributed by atoms with Crippen LogP contribution in [0, 0.1) is 0 Å². The average molecular weight is 200 g/mol. The minimum atomic E-state index is -0.524. The van der Waals surface area contributed by atoms with Gasteiger partial charge in [0, 0.05) is 26.7 Å². The molecule has 14 heavy (non-hydrogen) atoms. The van der Waals surface area contributed by atoms with Gasteiger partial charge < -0.3 is 15.0 Å². The number of likely N-dealkylation sites (tertiary alicyclic amines) is 1. The van der Waals surface area contributed by atoms with Crippen molar-refractivity contribution >= 4 is 11.8 Å². The van der Waals surface area contributed by atoms with E-state index in [-0.39, 0.29) is 0 Å². The van der Waals surface area contributed by atoms with E-state index >= 15 is 0 Å². The van der Waals surface area contributed by atoms with Crippen LogP contribution in [0.4, 0.5) is 0 Å². The molecule has 1 aliphatic heterocycles. The smallest absolute Gasteiger partial charge is 0.311 e. The molecule has 1 fully saturated rings. The first-order valence-corrected chi connectivity index (χ1v) is 4.81. The second-order valence-electron chi connectivity index (χ2n) is 3.25. The number of nitrogens with one attached hydrogen (secondary N) is 1. The number of methoxy groups -OCH3 is 1. The molecule has 0 unspecified atom stereocenters. The van der Waals surface area contributed by atoms with E-state index in [2.05, 4.69) is 5.32 Å². The van der Waals surface area contributed by atoms with Gasteiger partial charge in [-0.05, 0) is 12.8 Å². The lowest BCUT2D eigenvalue weighted by molar-refractivity contribution is -0.145. The molecular weight excluding hydrogens is 184 g/mol. The van der Waals surface area contributed by atoms with Gasteiger partial charge in [-0.1, -0.05) is 0 Å². The quantitative estimate of drug-likeness (QED) is 0.487. The largest absolute Gasteiger partial charge is 0.383 e. The molecule has 0 atom stereocenters. The number of ether oxygens (including phenoxy) is 1. The van der Waals surface area contributed by atoms with Crippen LogP contribution in [-0.4, -0.2) is 50.1 Å². The zero-order valence-corrected chi connectivity index (χ0v) is 8.41. The number of rotatable bonds is 3. The second kappa shape index (κ2) is 5.59. The molecule has 1 saturated heterocycles. The fourth-order valence-electron chi connectivity index (χ4n) is 1.41. The molecule has 1 rings (SSSR count). The molecule has 0 saturated carbocycles. The van der Waals surface area contributed by atoms with E-state index in [1.165, 1.54) is 0 Å². The monoisotopic (exact) mass is 200 g/mol. The van der Waals surface area contributed by atoms with E-state index in [9.17, 15) is 9.59 Å². The maximum Gasteiger partial charge on any atom is 0.311 e. The van der Waals surface area contributed by atoms with Crippen molar-refractivity contribution in [2.75, 3.05) is 33.4 Å². The van der Waals surface area contributed by atoms with Crippen LogP contribution in [0.3, 0.4) is 0 Å². The maximum atomic E-state index is 11.4. The van der Waals surface area contributed by atoms with Crippen molar-refractivity contribution in [1.82, 2.24) is 10.2 Å². The molecule has 1 aliphatic rings. The van der Waals surface area contributed by atoms with Crippen LogP contribution in [0.15, 0.2) is 0 Å². The van der Waals surface area contributed by atoms with E-state index in [0.29, 0.717) is 26.2 Å². The van der Waals surface area contributed by atoms with Crippen LogP contribution in [0.2, 0.25) is 0 Å². The summed E-state index contributed by atoms with van der Waals surface area (Å²) in [5.74, 6) is -0.942. The summed E-state index contributed by atoms with van der Waals surface area (Å²) in [5.41, 5.74) is 0. The summed E-state index contributed by atoms with van der Waals surface area (Å²) in [6.07, 6.45) is 1.99. The molecule has 0 spiro atoms. The van der Waals surface area contributed by atoms with Crippen LogP contribution >= 0.6 is 0 Å². The van der Waals surface area contributed by atoms with Gasteiger partial charge in [0.2, 0.25) is 0 Å². The predicted octanol–water partition coefficient (Wildman–Crippen LogP) is -0.629. The third kappa shape index (κ3) is 2.99. The van der Waals surface area contributed by atoms with Crippen molar-refractivity contribution in [3.05, 3.63) is 0 Å². The third-order valence-electron chi connectivity index (χ3n) is 2.18. The second-order valence-corrected chi connectivity index (χ2v) is 3.25. The van der Waals surface area contributed by atoms with E-state index < -0.39 is 11.8 Å². The Morgan fingerprint density at radius 3 is 2.57 bits per heavy atom. The van der Waals surface area contributed by atoms with Gasteiger partial charge in [0.25, 0.3) is 0 Å². The summed E-state index contributed by atoms with van der Waals surface area (Å²) < 4.78 is 4.76. The standard InChI is InChI=1S/C9H16N2O3/c1-14-7-4-10-8(12)9(13)11-5-2-3-6-11/h2-7H2,1H3,(H,10,12). The Morgan fingerprint density at radius 2 is 2.00 bits per heavy atom. The summed E-state index contributed by atoms with van der Waals surface area (Å²) in [5, 5.41) is 2.51. The van der Waals surface area contributed by atoms with E-state index in [4.69, 9.17) is 4.74 Å². The molecule has 1 N–H and O–H groups in total. The highest BCUT2D eigenvalue weighted by Gasteiger charge is 2.23. The lowest BCUT2D eigenvalue weighted by atomic mass is 10.4. The number of amides is 2. The summed E-state index contributed by atoms with van der Waals surface area (Å²) in [7, 11) is 1.55. The predicted molar refractivity (Wildman–Crippen MR) is 50.7 cm³/mol. The highest BCUT2D eigenvalue weighted by Crippen LogP contribution is 2.06. The molecule has 2 amide bonds. The fourth-order valence-corrected chi connectivity index (χ4v) is 1.41. The molecule has 80 valence electrons. The van der Waals surface area contributed by atoms with Gasteiger partial charge in [-0.3, -0.25) is 9.59 Å². The van der Waals surface area contributed by atoms with Gasteiger partial charge in [0.05, 0.1) is 6.61 Å². The lowest BCUT2D eigenvalue weighted by Crippen LogP contribution is -2.42. The first-order chi connectivity index (χ1) is 6.75. The third-order valence-corrected chi connectivity index (χ3v) is 2.18. The fraction of sp³-hybridized carbons (Fsp3) is 0.778. The number of hydrogen-bond donors (Lipinski definition) is 1. The van der Waals surface area contributed by atoms with Crippen molar-refractivity contribution in [3.63, 3.8) is 0 Å². The first kappa shape index (κ1) is 11.0. The van der Waals surface area contributed by atoms with Crippen molar-refractivity contribution < 1.29 is 14.3 Å². The van der Waals surface area contributed by atoms with Crippen LogP contribution < -0.4 is 5.32 Å². The Bertz CT molecular complexity index is 212. The number of nitrogens with zero attached hydrogens (tertiary/aromatic N) is 1. The Hall–Kier alpha value is -1.10. The lowest BCUT2D eigenvalue weighted by Gasteiger charge is -2.14. The zero-order valence-electron chi connectivity index (χ0n) is 8.41. The maximum absolute atomic E-state index is 11.4. The molecule has 0 aromatic heterocycles. The summed E-state index contributed by atoms with van der Waals surface area (Å²) in [6.45, 7) is 2.22. The minimum absolute atomic E-state index is 0.384. The van der Waals surface area contributed by atoms with E-state index in [0.717, 1.165) is 12.8 Å². The Kier molecular flexibility index (Phi) is 4.39. The van der Waals surface area contributed by atoms with E-state index in [1.54, 1.807) is 12.0 Å². The van der Waals surface area contributed by atoms with Crippen LogP contribution in [0.25, 0.3) is 0 Å². The van der Waals surface area contributed by atoms with Gasteiger partial charge in [-0.25, -0.2) is 0 Å². The SMILES string of the molecule is COCCNC(=O)C(=O)N1CCCC1. The molecule has 5 heteroatoms. The summed E-state index contributed by atoms with van der Waals surface area (Å²) in [6, 6.07) is 0. The Labute approximate surface area is 83.4 Å². The summed E-state index contributed by atoms with van der Waals surface area (Å²) in [4.78, 5) is 24.2. The van der Waals surface area contributed by atoms with Gasteiger partial charge in [-0.2, -0.15) is 0 Å². The van der Waals surface area contributed by atoms with Crippen LogP contribution in [0.1, 0.15) is 12.8 Å². The Balaban J connectivity index is 2.25. The number of carbonyl (C=O) groups excluding carboxylic acids is 2. The van der Waals surface area contributed by atoms with Crippen molar-refractivity contribution in [2.45, 2.75) is 12.8 Å². The molecule has 0 radical (unpaired) electrons. The first-order valence-electron chi connectivity index (χ1n) is 4.81. The summed E-state index contributed by atoms with van der Waals surface area (Å²) >= 11 is 0. The van der Waals surface area contributed by atoms with Gasteiger partial charge in [-0.15, -0.1) is 0 Å². The average Bonchev–Trinajstić information content (AvgIpc) is 2.69. The zero-order chi connectivity index (χ0) is 10.4. The molecule has 5 nitrogen and oxygen atoms in total. The Morgan fingerprint density at radius 1 is 1.36 bits per heavy atom. The van der Waals surface area contributed by atoms with E-state index in [1.807, 2.05) is 0 Å². The normalized spacial score (nSPS) is 15.6. The molecular formula is C9H16N2O3. The number of carbonyl (C=O) groups is 2. The molecule has 0 bridgehead atoms. The molecule has 0 aromatic rings.